The molecule has 0 radical (unpaired) electrons. The van der Waals surface area contributed by atoms with Crippen LogP contribution in [-0.4, -0.2) is 22.0 Å². The van der Waals surface area contributed by atoms with Crippen molar-refractivity contribution in [2.24, 2.45) is 0 Å². The van der Waals surface area contributed by atoms with Crippen LogP contribution in [-0.2, 0) is 12.8 Å². The average molecular weight is 286 g/mol. The Balaban J connectivity index is 2.21. The molecule has 2 aromatic rings. The Morgan fingerprint density at radius 3 is 2.80 bits per heavy atom. The molecule has 0 spiro atoms. The van der Waals surface area contributed by atoms with Gasteiger partial charge in [0.2, 0.25) is 0 Å². The number of rotatable bonds is 5. The largest absolute Gasteiger partial charge is 0.294 e. The van der Waals surface area contributed by atoms with Crippen LogP contribution in [0.1, 0.15) is 34.1 Å². The molecule has 0 bridgehead atoms. The van der Waals surface area contributed by atoms with Crippen LogP contribution in [0, 0.1) is 6.92 Å². The van der Waals surface area contributed by atoms with Gasteiger partial charge in [-0.3, -0.25) is 4.79 Å². The maximum atomic E-state index is 12.4. The first-order valence-corrected chi connectivity index (χ1v) is 7.84. The molecule has 3 nitrogen and oxygen atoms in total. The molecule has 0 saturated carbocycles. The van der Waals surface area contributed by atoms with E-state index >= 15 is 0 Å². The van der Waals surface area contributed by atoms with Crippen molar-refractivity contribution in [1.82, 2.24) is 9.97 Å². The summed E-state index contributed by atoms with van der Waals surface area (Å²) in [6, 6.07) is 7.84. The van der Waals surface area contributed by atoms with Gasteiger partial charge in [0.25, 0.3) is 0 Å². The Hall–Kier alpha value is -1.68. The highest BCUT2D eigenvalue weighted by Gasteiger charge is 2.10. The van der Waals surface area contributed by atoms with Crippen LogP contribution in [0.3, 0.4) is 0 Å². The lowest BCUT2D eigenvalue weighted by Crippen LogP contribution is -2.07. The molecule has 0 N–H and O–H groups in total. The summed E-state index contributed by atoms with van der Waals surface area (Å²) in [4.78, 5) is 20.8. The molecule has 1 heterocycles. The molecule has 0 aliphatic rings. The molecule has 1 aromatic carbocycles. The van der Waals surface area contributed by atoms with Crippen molar-refractivity contribution in [2.45, 2.75) is 31.8 Å². The Morgan fingerprint density at radius 1 is 1.30 bits per heavy atom. The number of ketones is 1. The first-order chi connectivity index (χ1) is 9.62. The van der Waals surface area contributed by atoms with Gasteiger partial charge in [0.1, 0.15) is 0 Å². The summed E-state index contributed by atoms with van der Waals surface area (Å²) >= 11 is 1.48. The van der Waals surface area contributed by atoms with Gasteiger partial charge in [0.15, 0.2) is 10.9 Å². The summed E-state index contributed by atoms with van der Waals surface area (Å²) < 4.78 is 0. The fourth-order valence-electron chi connectivity index (χ4n) is 2.07. The highest BCUT2D eigenvalue weighted by Crippen LogP contribution is 2.14. The second-order valence-corrected chi connectivity index (χ2v) is 5.47. The van der Waals surface area contributed by atoms with Gasteiger partial charge in [0, 0.05) is 11.8 Å². The van der Waals surface area contributed by atoms with E-state index in [4.69, 9.17) is 0 Å². The first-order valence-electron chi connectivity index (χ1n) is 6.62. The number of Topliss-reactive ketones (excluding diaryl/α,β-unsaturated/α-hetero) is 1. The van der Waals surface area contributed by atoms with E-state index in [1.54, 1.807) is 12.3 Å². The van der Waals surface area contributed by atoms with Crippen LogP contribution >= 0.6 is 11.8 Å². The summed E-state index contributed by atoms with van der Waals surface area (Å²) in [6.45, 7) is 4.12. The van der Waals surface area contributed by atoms with E-state index < -0.39 is 0 Å². The summed E-state index contributed by atoms with van der Waals surface area (Å²) in [5.74, 6) is 0.106. The molecule has 20 heavy (non-hydrogen) atoms. The molecule has 0 aliphatic carbocycles. The van der Waals surface area contributed by atoms with Crippen molar-refractivity contribution in [3.8, 4) is 0 Å². The smallest absolute Gasteiger partial charge is 0.187 e. The zero-order chi connectivity index (χ0) is 14.5. The molecular formula is C16H18N2OS. The molecule has 0 atom stereocenters. The lowest BCUT2D eigenvalue weighted by atomic mass is 10.00. The predicted octanol–water partition coefficient (Wildman–Crippen LogP) is 3.49. The molecule has 0 saturated heterocycles. The Labute approximate surface area is 123 Å². The quantitative estimate of drug-likeness (QED) is 0.479. The second kappa shape index (κ2) is 6.66. The average Bonchev–Trinajstić information content (AvgIpc) is 2.46. The molecule has 0 amide bonds. The van der Waals surface area contributed by atoms with E-state index in [9.17, 15) is 4.79 Å². The van der Waals surface area contributed by atoms with Crippen LogP contribution in [0.2, 0.25) is 0 Å². The van der Waals surface area contributed by atoms with Gasteiger partial charge < -0.3 is 0 Å². The van der Waals surface area contributed by atoms with E-state index in [1.165, 1.54) is 17.3 Å². The fraction of sp³-hybridized carbons (Fsp3) is 0.312. The van der Waals surface area contributed by atoms with Gasteiger partial charge in [-0.15, -0.1) is 0 Å². The molecule has 1 aromatic heterocycles. The monoisotopic (exact) mass is 286 g/mol. The number of aryl methyl sites for hydroxylation is 2. The molecule has 2 rings (SSSR count). The van der Waals surface area contributed by atoms with Gasteiger partial charge in [-0.25, -0.2) is 9.97 Å². The lowest BCUT2D eigenvalue weighted by Gasteiger charge is -2.06. The zero-order valence-corrected chi connectivity index (χ0v) is 12.8. The number of carbonyl (C=O) groups is 1. The minimum atomic E-state index is 0.106. The topological polar surface area (TPSA) is 42.9 Å². The van der Waals surface area contributed by atoms with Crippen LogP contribution in [0.25, 0.3) is 0 Å². The predicted molar refractivity (Wildman–Crippen MR) is 82.4 cm³/mol. The lowest BCUT2D eigenvalue weighted by molar-refractivity contribution is 0.0991. The fourth-order valence-corrected chi connectivity index (χ4v) is 2.44. The minimum absolute atomic E-state index is 0.106. The Bertz CT molecular complexity index is 626. The van der Waals surface area contributed by atoms with E-state index in [0.29, 0.717) is 11.6 Å². The first kappa shape index (κ1) is 14.7. The van der Waals surface area contributed by atoms with Crippen LogP contribution in [0.5, 0.6) is 0 Å². The third-order valence-corrected chi connectivity index (χ3v) is 3.64. The number of hydrogen-bond acceptors (Lipinski definition) is 4. The van der Waals surface area contributed by atoms with Gasteiger partial charge in [0.05, 0.1) is 12.1 Å². The van der Waals surface area contributed by atoms with Gasteiger partial charge >= 0.3 is 0 Å². The van der Waals surface area contributed by atoms with Crippen molar-refractivity contribution >= 4 is 17.5 Å². The number of thioether (sulfide) groups is 1. The third kappa shape index (κ3) is 3.67. The van der Waals surface area contributed by atoms with Crippen molar-refractivity contribution < 1.29 is 4.79 Å². The van der Waals surface area contributed by atoms with E-state index in [-0.39, 0.29) is 5.78 Å². The van der Waals surface area contributed by atoms with Crippen molar-refractivity contribution in [2.75, 3.05) is 6.26 Å². The van der Waals surface area contributed by atoms with Crippen molar-refractivity contribution in [3.63, 3.8) is 0 Å². The third-order valence-electron chi connectivity index (χ3n) is 3.08. The highest BCUT2D eigenvalue weighted by molar-refractivity contribution is 7.98. The summed E-state index contributed by atoms with van der Waals surface area (Å²) in [5.41, 5.74) is 3.86. The zero-order valence-electron chi connectivity index (χ0n) is 12.0. The number of benzene rings is 1. The summed E-state index contributed by atoms with van der Waals surface area (Å²) in [7, 11) is 0. The summed E-state index contributed by atoms with van der Waals surface area (Å²) in [6.07, 6.45) is 4.89. The second-order valence-electron chi connectivity index (χ2n) is 4.70. The van der Waals surface area contributed by atoms with E-state index in [1.807, 2.05) is 25.3 Å². The number of carbonyl (C=O) groups excluding carboxylic acids is 1. The molecular weight excluding hydrogens is 268 g/mol. The molecule has 4 heteroatoms. The number of aromatic nitrogens is 2. The molecule has 0 unspecified atom stereocenters. The number of hydrogen-bond donors (Lipinski definition) is 0. The highest BCUT2D eigenvalue weighted by atomic mass is 32.2. The van der Waals surface area contributed by atoms with Gasteiger partial charge in [-0.1, -0.05) is 30.3 Å². The maximum absolute atomic E-state index is 12.4. The Kier molecular flexibility index (Phi) is 4.90. The maximum Gasteiger partial charge on any atom is 0.187 e. The number of nitrogens with zero attached hydrogens (tertiary/aromatic N) is 2. The van der Waals surface area contributed by atoms with E-state index in [2.05, 4.69) is 23.0 Å². The Morgan fingerprint density at radius 2 is 2.10 bits per heavy atom. The van der Waals surface area contributed by atoms with Crippen LogP contribution < -0.4 is 0 Å². The SMILES string of the molecule is CCc1cc(C)cc(C(=O)Cc2ccnc(SC)n2)c1. The van der Waals surface area contributed by atoms with Crippen LogP contribution in [0.15, 0.2) is 35.6 Å². The standard InChI is InChI=1S/C16H18N2OS/c1-4-12-7-11(2)8-13(9-12)15(19)10-14-5-6-17-16(18-14)20-3/h5-9H,4,10H2,1-3H3. The van der Waals surface area contributed by atoms with Gasteiger partial charge in [-0.2, -0.15) is 0 Å². The summed E-state index contributed by atoms with van der Waals surface area (Å²) in [5, 5.41) is 0.703. The molecule has 0 fully saturated rings. The van der Waals surface area contributed by atoms with Crippen LogP contribution in [0.4, 0.5) is 0 Å². The normalized spacial score (nSPS) is 10.6. The van der Waals surface area contributed by atoms with E-state index in [0.717, 1.165) is 23.2 Å². The van der Waals surface area contributed by atoms with Crippen molar-refractivity contribution in [3.05, 3.63) is 52.8 Å². The molecule has 0 aliphatic heterocycles. The van der Waals surface area contributed by atoms with Crippen molar-refractivity contribution in [1.29, 1.82) is 0 Å². The van der Waals surface area contributed by atoms with Gasteiger partial charge in [-0.05, 0) is 43.4 Å². The minimum Gasteiger partial charge on any atom is -0.294 e. The molecule has 104 valence electrons.